The molecule has 0 aromatic heterocycles. The lowest BCUT2D eigenvalue weighted by Gasteiger charge is -2.36. The minimum atomic E-state index is -0.620. The summed E-state index contributed by atoms with van der Waals surface area (Å²) in [6, 6.07) is 8.65. The Hall–Kier alpha value is -2.20. The van der Waals surface area contributed by atoms with E-state index in [1.54, 1.807) is 11.8 Å². The smallest absolute Gasteiger partial charge is 0.237 e. The first kappa shape index (κ1) is 33.7. The third-order valence-electron chi connectivity index (χ3n) is 9.04. The maximum atomic E-state index is 14.9. The van der Waals surface area contributed by atoms with E-state index in [0.717, 1.165) is 35.8 Å². The second-order valence-corrected chi connectivity index (χ2v) is 14.4. The van der Waals surface area contributed by atoms with Crippen LogP contribution in [0.1, 0.15) is 81.5 Å². The quantitative estimate of drug-likeness (QED) is 0.349. The fourth-order valence-corrected chi connectivity index (χ4v) is 7.10. The van der Waals surface area contributed by atoms with Crippen LogP contribution in [0.15, 0.2) is 36.4 Å². The number of carbonyl (C=O) groups is 2. The Bertz CT molecular complexity index is 1300. The van der Waals surface area contributed by atoms with E-state index in [9.17, 15) is 18.4 Å². The number of nitrogens with one attached hydrogen (secondary N) is 1. The number of amides is 2. The largest absolute Gasteiger partial charge is 0.348 e. The second kappa shape index (κ2) is 14.3. The van der Waals surface area contributed by atoms with Gasteiger partial charge in [0.25, 0.3) is 0 Å². The number of thioether (sulfide) groups is 1. The molecule has 6 nitrogen and oxygen atoms in total. The van der Waals surface area contributed by atoms with Crippen LogP contribution in [0.2, 0.25) is 5.02 Å². The van der Waals surface area contributed by atoms with Gasteiger partial charge in [-0.1, -0.05) is 23.7 Å². The zero-order valence-corrected chi connectivity index (χ0v) is 27.4. The van der Waals surface area contributed by atoms with E-state index < -0.39 is 23.6 Å². The van der Waals surface area contributed by atoms with Crippen molar-refractivity contribution in [3.05, 3.63) is 69.7 Å². The van der Waals surface area contributed by atoms with Gasteiger partial charge in [0.05, 0.1) is 18.0 Å². The van der Waals surface area contributed by atoms with Crippen LogP contribution in [0.5, 0.6) is 0 Å². The predicted molar refractivity (Wildman–Crippen MR) is 171 cm³/mol. The van der Waals surface area contributed by atoms with Crippen molar-refractivity contribution < 1.29 is 18.4 Å². The van der Waals surface area contributed by atoms with Crippen LogP contribution in [0.4, 0.5) is 8.78 Å². The molecule has 0 radical (unpaired) electrons. The molecule has 2 fully saturated rings. The van der Waals surface area contributed by atoms with E-state index in [1.807, 2.05) is 36.3 Å². The van der Waals surface area contributed by atoms with Crippen LogP contribution in [-0.4, -0.2) is 71.4 Å². The van der Waals surface area contributed by atoms with Crippen molar-refractivity contribution in [3.8, 4) is 0 Å². The van der Waals surface area contributed by atoms with E-state index in [0.29, 0.717) is 43.2 Å². The first-order valence-corrected chi connectivity index (χ1v) is 16.9. The number of hydrogen-bond donors (Lipinski definition) is 2. The highest BCUT2D eigenvalue weighted by molar-refractivity contribution is 7.98. The lowest BCUT2D eigenvalue weighted by molar-refractivity contribution is -0.136. The Kier molecular flexibility index (Phi) is 11.2. The van der Waals surface area contributed by atoms with E-state index in [4.69, 9.17) is 17.3 Å². The summed E-state index contributed by atoms with van der Waals surface area (Å²) in [5.74, 6) is -1.12. The third kappa shape index (κ3) is 8.10. The Morgan fingerprint density at radius 2 is 1.77 bits per heavy atom. The molecule has 4 rings (SSSR count). The Morgan fingerprint density at radius 3 is 2.40 bits per heavy atom. The molecule has 2 aromatic carbocycles. The molecule has 2 saturated heterocycles. The van der Waals surface area contributed by atoms with E-state index in [1.165, 1.54) is 12.1 Å². The summed E-state index contributed by atoms with van der Waals surface area (Å²) in [4.78, 5) is 30.8. The van der Waals surface area contributed by atoms with Crippen LogP contribution in [0.25, 0.3) is 0 Å². The topological polar surface area (TPSA) is 78.7 Å². The molecule has 236 valence electrons. The maximum absolute atomic E-state index is 14.9. The van der Waals surface area contributed by atoms with Crippen LogP contribution >= 0.6 is 23.4 Å². The Balaban J connectivity index is 1.47. The van der Waals surface area contributed by atoms with Gasteiger partial charge >= 0.3 is 0 Å². The lowest BCUT2D eigenvalue weighted by Crippen LogP contribution is -2.44. The minimum absolute atomic E-state index is 0.0233. The highest BCUT2D eigenvalue weighted by atomic mass is 35.5. The molecule has 2 amide bonds. The monoisotopic (exact) mass is 634 g/mol. The number of nitrogens with two attached hydrogens (primary N) is 1. The average molecular weight is 635 g/mol. The molecule has 43 heavy (non-hydrogen) atoms. The van der Waals surface area contributed by atoms with E-state index in [2.05, 4.69) is 31.0 Å². The number of piperidine rings is 1. The number of nitrogens with zero attached hydrogens (tertiary/aromatic N) is 2. The van der Waals surface area contributed by atoms with Crippen molar-refractivity contribution in [2.24, 2.45) is 11.7 Å². The molecular weight excluding hydrogens is 590 g/mol. The summed E-state index contributed by atoms with van der Waals surface area (Å²) < 4.78 is 28.6. The van der Waals surface area contributed by atoms with Gasteiger partial charge in [0.1, 0.15) is 11.6 Å². The normalized spacial score (nSPS) is 21.6. The number of hydrogen-bond acceptors (Lipinski definition) is 5. The van der Waals surface area contributed by atoms with Gasteiger partial charge in [-0.15, -0.1) is 0 Å². The van der Waals surface area contributed by atoms with Crippen LogP contribution < -0.4 is 11.1 Å². The molecule has 4 atom stereocenters. The molecule has 2 heterocycles. The van der Waals surface area contributed by atoms with Gasteiger partial charge in [0, 0.05) is 48.7 Å². The number of likely N-dealkylation sites (tertiary alicyclic amines) is 2. The van der Waals surface area contributed by atoms with E-state index in [-0.39, 0.29) is 35.2 Å². The molecule has 2 aromatic rings. The fourth-order valence-electron chi connectivity index (χ4n) is 6.43. The number of benzene rings is 2. The molecule has 10 heteroatoms. The second-order valence-electron chi connectivity index (χ2n) is 12.9. The van der Waals surface area contributed by atoms with Crippen molar-refractivity contribution >= 4 is 35.2 Å². The third-order valence-corrected chi connectivity index (χ3v) is 9.92. The first-order valence-electron chi connectivity index (χ1n) is 15.1. The SMILES string of the molecule is CSCC[C@@H](N)C(=O)N[C@@H](C)c1cc(Cl)ccc1C1CCN(C(=O)[C@@H]2CN(C(C)(C)C)C[C@H]2c2ccc(F)cc2F)CC1. The fraction of sp³-hybridized carbons (Fsp3) is 0.576. The van der Waals surface area contributed by atoms with Crippen molar-refractivity contribution in [2.45, 2.75) is 76.4 Å². The summed E-state index contributed by atoms with van der Waals surface area (Å²) in [6.45, 7) is 10.5. The summed E-state index contributed by atoms with van der Waals surface area (Å²) in [6.07, 6.45) is 4.12. The zero-order chi connectivity index (χ0) is 31.5. The Morgan fingerprint density at radius 1 is 1.09 bits per heavy atom. The molecule has 0 saturated carbocycles. The number of rotatable bonds is 9. The first-order chi connectivity index (χ1) is 20.3. The van der Waals surface area contributed by atoms with Gasteiger partial charge in [-0.05, 0) is 99.8 Å². The van der Waals surface area contributed by atoms with Crippen LogP contribution in [0, 0.1) is 17.6 Å². The maximum Gasteiger partial charge on any atom is 0.237 e. The van der Waals surface area contributed by atoms with Crippen molar-refractivity contribution in [1.29, 1.82) is 0 Å². The Labute approximate surface area is 264 Å². The summed E-state index contributed by atoms with van der Waals surface area (Å²) in [5.41, 5.74) is 8.39. The molecule has 0 bridgehead atoms. The standard InChI is InChI=1S/C33H45ClF2N4O2S/c1-20(38-31(41)30(37)12-15-43-5)26-16-22(34)6-8-24(26)21-10-13-39(14-11-21)32(42)28-19-40(33(2,3)4)18-27(28)25-9-7-23(35)17-29(25)36/h6-9,16-17,20-21,27-28,30H,10-15,18-19,37H2,1-5H3,(H,38,41)/t20-,27-,28+,30+/m0/s1. The molecule has 0 spiro atoms. The molecule has 0 aliphatic carbocycles. The summed E-state index contributed by atoms with van der Waals surface area (Å²) in [7, 11) is 0. The zero-order valence-electron chi connectivity index (χ0n) is 25.8. The lowest BCUT2D eigenvalue weighted by atomic mass is 9.83. The van der Waals surface area contributed by atoms with Gasteiger partial charge in [-0.3, -0.25) is 14.5 Å². The molecule has 2 aliphatic rings. The van der Waals surface area contributed by atoms with Gasteiger partial charge in [-0.2, -0.15) is 11.8 Å². The molecular formula is C33H45ClF2N4O2S. The highest BCUT2D eigenvalue weighted by Crippen LogP contribution is 2.40. The molecule has 3 N–H and O–H groups in total. The van der Waals surface area contributed by atoms with Crippen LogP contribution in [0.3, 0.4) is 0 Å². The minimum Gasteiger partial charge on any atom is -0.348 e. The van der Waals surface area contributed by atoms with Gasteiger partial charge in [0.15, 0.2) is 0 Å². The van der Waals surface area contributed by atoms with Crippen LogP contribution in [-0.2, 0) is 9.59 Å². The van der Waals surface area contributed by atoms with Gasteiger partial charge in [0.2, 0.25) is 11.8 Å². The van der Waals surface area contributed by atoms with Gasteiger partial charge < -0.3 is 16.0 Å². The average Bonchev–Trinajstić information content (AvgIpc) is 3.41. The summed E-state index contributed by atoms with van der Waals surface area (Å²) >= 11 is 8.05. The molecule has 0 unspecified atom stereocenters. The van der Waals surface area contributed by atoms with E-state index >= 15 is 0 Å². The molecule has 2 aliphatic heterocycles. The summed E-state index contributed by atoms with van der Waals surface area (Å²) in [5, 5.41) is 3.67. The number of carbonyl (C=O) groups excluding carboxylic acids is 2. The van der Waals surface area contributed by atoms with Crippen molar-refractivity contribution in [2.75, 3.05) is 38.2 Å². The predicted octanol–water partition coefficient (Wildman–Crippen LogP) is 6.10. The van der Waals surface area contributed by atoms with Crippen molar-refractivity contribution in [1.82, 2.24) is 15.1 Å². The number of halogens is 3. The van der Waals surface area contributed by atoms with Gasteiger partial charge in [-0.25, -0.2) is 8.78 Å². The highest BCUT2D eigenvalue weighted by Gasteiger charge is 2.44. The van der Waals surface area contributed by atoms with Crippen molar-refractivity contribution in [3.63, 3.8) is 0 Å².